The largest absolute Gasteiger partial charge is 0.338 e. The second-order valence-corrected chi connectivity index (χ2v) is 8.26. The van der Waals surface area contributed by atoms with Crippen LogP contribution in [0.4, 0.5) is 4.39 Å². The third-order valence-corrected chi connectivity index (χ3v) is 6.06. The van der Waals surface area contributed by atoms with E-state index in [9.17, 15) is 4.39 Å². The molecule has 0 saturated heterocycles. The van der Waals surface area contributed by atoms with Crippen molar-refractivity contribution in [3.05, 3.63) is 53.5 Å². The summed E-state index contributed by atoms with van der Waals surface area (Å²) in [5.74, 6) is 1.07. The van der Waals surface area contributed by atoms with Crippen LogP contribution in [0.3, 0.4) is 0 Å². The summed E-state index contributed by atoms with van der Waals surface area (Å²) in [6, 6.07) is 6.48. The molecule has 4 rings (SSSR count). The number of thioether (sulfide) groups is 1. The third kappa shape index (κ3) is 3.72. The lowest BCUT2D eigenvalue weighted by Gasteiger charge is -2.08. The Morgan fingerprint density at radius 1 is 1.22 bits per heavy atom. The Morgan fingerprint density at radius 2 is 2.04 bits per heavy atom. The molecule has 0 bridgehead atoms. The maximum absolute atomic E-state index is 13.3. The first kappa shape index (κ1) is 18.1. The second kappa shape index (κ2) is 7.74. The summed E-state index contributed by atoms with van der Waals surface area (Å²) in [6.45, 7) is 4.10. The van der Waals surface area contributed by atoms with Gasteiger partial charge in [0.15, 0.2) is 5.82 Å². The number of hydrogen-bond acceptors (Lipinski definition) is 7. The van der Waals surface area contributed by atoms with Gasteiger partial charge in [-0.2, -0.15) is 4.98 Å². The van der Waals surface area contributed by atoms with Gasteiger partial charge in [-0.1, -0.05) is 36.0 Å². The fraction of sp³-hybridized carbons (Fsp3) is 0.263. The minimum absolute atomic E-state index is 0.0397. The zero-order valence-electron chi connectivity index (χ0n) is 14.8. The lowest BCUT2D eigenvalue weighted by Crippen LogP contribution is -1.93. The smallest absolute Gasteiger partial charge is 0.239 e. The van der Waals surface area contributed by atoms with Gasteiger partial charge in [0.2, 0.25) is 5.89 Å². The molecule has 0 spiro atoms. The van der Waals surface area contributed by atoms with Gasteiger partial charge in [0, 0.05) is 17.4 Å². The first-order chi connectivity index (χ1) is 13.2. The van der Waals surface area contributed by atoms with E-state index in [1.165, 1.54) is 12.1 Å². The molecule has 0 aliphatic heterocycles. The van der Waals surface area contributed by atoms with Crippen molar-refractivity contribution in [2.75, 3.05) is 0 Å². The average Bonchev–Trinajstić information content (AvgIpc) is 3.30. The molecular weight excluding hydrogens is 383 g/mol. The average molecular weight is 401 g/mol. The first-order valence-electron chi connectivity index (χ1n) is 8.63. The molecule has 8 heteroatoms. The SMILES string of the molecule is CCCc1noc([C@H](C)Sc2ncnc3scc(-c4ccc(F)cc4)c23)n1. The predicted octanol–water partition coefficient (Wildman–Crippen LogP) is 5.69. The van der Waals surface area contributed by atoms with Gasteiger partial charge >= 0.3 is 0 Å². The number of rotatable bonds is 6. The zero-order chi connectivity index (χ0) is 18.8. The molecule has 3 aromatic heterocycles. The van der Waals surface area contributed by atoms with Gasteiger partial charge in [-0.25, -0.2) is 14.4 Å². The first-order valence-corrected chi connectivity index (χ1v) is 10.4. The molecule has 5 nitrogen and oxygen atoms in total. The molecule has 0 radical (unpaired) electrons. The number of aromatic nitrogens is 4. The lowest BCUT2D eigenvalue weighted by molar-refractivity contribution is 0.374. The number of halogens is 1. The van der Waals surface area contributed by atoms with Crippen molar-refractivity contribution in [2.24, 2.45) is 0 Å². The number of fused-ring (bicyclic) bond motifs is 1. The fourth-order valence-electron chi connectivity index (χ4n) is 2.75. The molecule has 0 unspecified atom stereocenters. The van der Waals surface area contributed by atoms with Gasteiger partial charge < -0.3 is 4.52 Å². The molecule has 1 atom stereocenters. The van der Waals surface area contributed by atoms with Gasteiger partial charge in [0.05, 0.1) is 10.6 Å². The summed E-state index contributed by atoms with van der Waals surface area (Å²) in [6.07, 6.45) is 3.35. The van der Waals surface area contributed by atoms with Crippen LogP contribution in [0.25, 0.3) is 21.3 Å². The molecule has 0 fully saturated rings. The molecule has 4 aromatic rings. The maximum atomic E-state index is 13.3. The van der Waals surface area contributed by atoms with E-state index >= 15 is 0 Å². The Kier molecular flexibility index (Phi) is 5.18. The molecule has 0 amide bonds. The van der Waals surface area contributed by atoms with E-state index in [4.69, 9.17) is 4.52 Å². The van der Waals surface area contributed by atoms with Crippen molar-refractivity contribution in [3.8, 4) is 11.1 Å². The van der Waals surface area contributed by atoms with Crippen LogP contribution in [-0.4, -0.2) is 20.1 Å². The van der Waals surface area contributed by atoms with E-state index in [-0.39, 0.29) is 11.1 Å². The molecule has 0 N–H and O–H groups in total. The molecule has 138 valence electrons. The van der Waals surface area contributed by atoms with Crippen LogP contribution in [0.5, 0.6) is 0 Å². The van der Waals surface area contributed by atoms with Gasteiger partial charge in [-0.3, -0.25) is 0 Å². The summed E-state index contributed by atoms with van der Waals surface area (Å²) >= 11 is 3.11. The highest BCUT2D eigenvalue weighted by Crippen LogP contribution is 2.42. The van der Waals surface area contributed by atoms with Crippen LogP contribution in [0, 0.1) is 5.82 Å². The summed E-state index contributed by atoms with van der Waals surface area (Å²) in [5.41, 5.74) is 1.94. The number of hydrogen-bond donors (Lipinski definition) is 0. The van der Waals surface area contributed by atoms with E-state index in [2.05, 4.69) is 27.0 Å². The molecule has 0 aliphatic rings. The van der Waals surface area contributed by atoms with Crippen molar-refractivity contribution >= 4 is 33.3 Å². The van der Waals surface area contributed by atoms with Gasteiger partial charge in [-0.15, -0.1) is 11.3 Å². The quantitative estimate of drug-likeness (QED) is 0.306. The number of aryl methyl sites for hydroxylation is 1. The number of nitrogens with zero attached hydrogens (tertiary/aromatic N) is 4. The highest BCUT2D eigenvalue weighted by molar-refractivity contribution is 7.99. The van der Waals surface area contributed by atoms with Crippen LogP contribution in [0.1, 0.15) is 37.2 Å². The van der Waals surface area contributed by atoms with Crippen molar-refractivity contribution in [1.82, 2.24) is 20.1 Å². The van der Waals surface area contributed by atoms with Crippen molar-refractivity contribution < 1.29 is 8.91 Å². The fourth-order valence-corrected chi connectivity index (χ4v) is 4.70. The minimum Gasteiger partial charge on any atom is -0.338 e. The van der Waals surface area contributed by atoms with Gasteiger partial charge in [-0.05, 0) is 31.0 Å². The molecule has 1 aromatic carbocycles. The number of benzene rings is 1. The van der Waals surface area contributed by atoms with Gasteiger partial charge in [0.25, 0.3) is 0 Å². The normalized spacial score (nSPS) is 12.6. The van der Waals surface area contributed by atoms with Crippen LogP contribution < -0.4 is 0 Å². The van der Waals surface area contributed by atoms with Crippen LogP contribution in [0.15, 0.2) is 45.5 Å². The van der Waals surface area contributed by atoms with Gasteiger partial charge in [0.1, 0.15) is 22.0 Å². The summed E-state index contributed by atoms with van der Waals surface area (Å²) in [5, 5.41) is 7.85. The monoisotopic (exact) mass is 400 g/mol. The highest BCUT2D eigenvalue weighted by Gasteiger charge is 2.20. The standard InChI is InChI=1S/C19H17FN4OS2/c1-3-4-15-23-17(25-24-15)11(2)27-19-16-14(9-26-18(16)21-10-22-19)12-5-7-13(20)8-6-12/h5-11H,3-4H2,1-2H3/t11-/m0/s1. The molecule has 3 heterocycles. The Morgan fingerprint density at radius 3 is 2.81 bits per heavy atom. The van der Waals surface area contributed by atoms with E-state index in [1.807, 2.05) is 12.3 Å². The molecule has 0 aliphatic carbocycles. The summed E-state index contributed by atoms with van der Waals surface area (Å²) < 4.78 is 18.7. The Labute approximate surface area is 164 Å². The van der Waals surface area contributed by atoms with E-state index in [0.717, 1.165) is 45.0 Å². The predicted molar refractivity (Wildman–Crippen MR) is 105 cm³/mol. The minimum atomic E-state index is -0.253. The Bertz CT molecular complexity index is 1060. The highest BCUT2D eigenvalue weighted by atomic mass is 32.2. The van der Waals surface area contributed by atoms with E-state index in [1.54, 1.807) is 41.6 Å². The van der Waals surface area contributed by atoms with E-state index < -0.39 is 0 Å². The summed E-state index contributed by atoms with van der Waals surface area (Å²) in [4.78, 5) is 14.2. The third-order valence-electron chi connectivity index (χ3n) is 4.08. The second-order valence-electron chi connectivity index (χ2n) is 6.07. The molecule has 27 heavy (non-hydrogen) atoms. The zero-order valence-corrected chi connectivity index (χ0v) is 16.5. The van der Waals surface area contributed by atoms with Crippen molar-refractivity contribution in [3.63, 3.8) is 0 Å². The molecular formula is C19H17FN4OS2. The van der Waals surface area contributed by atoms with Crippen LogP contribution in [0.2, 0.25) is 0 Å². The van der Waals surface area contributed by atoms with E-state index in [0.29, 0.717) is 5.89 Å². The lowest BCUT2D eigenvalue weighted by atomic mass is 10.1. The number of thiophene rings is 1. The van der Waals surface area contributed by atoms with Crippen LogP contribution >= 0.6 is 23.1 Å². The molecule has 0 saturated carbocycles. The van der Waals surface area contributed by atoms with Crippen LogP contribution in [-0.2, 0) is 6.42 Å². The van der Waals surface area contributed by atoms with Crippen molar-refractivity contribution in [1.29, 1.82) is 0 Å². The maximum Gasteiger partial charge on any atom is 0.239 e. The topological polar surface area (TPSA) is 64.7 Å². The Hall–Kier alpha value is -2.32. The summed E-state index contributed by atoms with van der Waals surface area (Å²) in [7, 11) is 0. The Balaban J connectivity index is 1.69. The van der Waals surface area contributed by atoms with Crippen molar-refractivity contribution in [2.45, 2.75) is 37.0 Å².